The van der Waals surface area contributed by atoms with Crippen LogP contribution < -0.4 is 5.73 Å². The van der Waals surface area contributed by atoms with E-state index in [9.17, 15) is 0 Å². The third kappa shape index (κ3) is 2.29. The average molecular weight is 250 g/mol. The van der Waals surface area contributed by atoms with Crippen LogP contribution in [0.4, 0.5) is 0 Å². The molecule has 2 aliphatic rings. The summed E-state index contributed by atoms with van der Waals surface area (Å²) in [5.41, 5.74) is 5.96. The molecule has 2 fully saturated rings. The Morgan fingerprint density at radius 2 is 2.28 bits per heavy atom. The summed E-state index contributed by atoms with van der Waals surface area (Å²) in [6.45, 7) is 2.71. The lowest BCUT2D eigenvalue weighted by molar-refractivity contribution is -0.0429. The second kappa shape index (κ2) is 4.63. The molecule has 18 heavy (non-hydrogen) atoms. The minimum Gasteiger partial charge on any atom is -0.370 e. The van der Waals surface area contributed by atoms with Crippen molar-refractivity contribution in [3.05, 3.63) is 12.2 Å². The van der Waals surface area contributed by atoms with Crippen molar-refractivity contribution in [3.8, 4) is 0 Å². The molecule has 1 saturated carbocycles. The molecule has 1 spiro atoms. The van der Waals surface area contributed by atoms with Crippen molar-refractivity contribution < 1.29 is 4.74 Å². The fourth-order valence-electron chi connectivity index (χ4n) is 3.23. The van der Waals surface area contributed by atoms with E-state index in [1.165, 1.54) is 32.1 Å². The van der Waals surface area contributed by atoms with Gasteiger partial charge in [-0.15, -0.1) is 0 Å². The van der Waals surface area contributed by atoms with E-state index in [4.69, 9.17) is 10.5 Å². The van der Waals surface area contributed by atoms with Gasteiger partial charge < -0.3 is 10.5 Å². The minimum absolute atomic E-state index is 0.100. The molecule has 100 valence electrons. The van der Waals surface area contributed by atoms with Crippen LogP contribution in [-0.2, 0) is 11.3 Å². The third-order valence-corrected chi connectivity index (χ3v) is 4.21. The van der Waals surface area contributed by atoms with Gasteiger partial charge >= 0.3 is 0 Å². The van der Waals surface area contributed by atoms with E-state index in [0.717, 1.165) is 13.0 Å². The molecule has 2 N–H and O–H groups in total. The van der Waals surface area contributed by atoms with Crippen molar-refractivity contribution >= 4 is 0 Å². The predicted octanol–water partition coefficient (Wildman–Crippen LogP) is 1.79. The van der Waals surface area contributed by atoms with Crippen LogP contribution in [0.3, 0.4) is 0 Å². The third-order valence-electron chi connectivity index (χ3n) is 4.21. The van der Waals surface area contributed by atoms with Gasteiger partial charge in [-0.05, 0) is 32.6 Å². The minimum atomic E-state index is -0.100. The second-order valence-electron chi connectivity index (χ2n) is 5.78. The van der Waals surface area contributed by atoms with Crippen molar-refractivity contribution in [2.24, 2.45) is 5.73 Å². The zero-order valence-electron chi connectivity index (χ0n) is 11.0. The molecule has 0 aromatic carbocycles. The van der Waals surface area contributed by atoms with Crippen LogP contribution in [0, 0.1) is 0 Å². The quantitative estimate of drug-likeness (QED) is 0.888. The molecule has 2 unspecified atom stereocenters. The van der Waals surface area contributed by atoms with Gasteiger partial charge in [0.1, 0.15) is 6.33 Å². The molecule has 5 heteroatoms. The largest absolute Gasteiger partial charge is 0.370 e. The highest BCUT2D eigenvalue weighted by Gasteiger charge is 2.42. The van der Waals surface area contributed by atoms with Gasteiger partial charge in [0.2, 0.25) is 0 Å². The molecular formula is C13H22N4O. The highest BCUT2D eigenvalue weighted by Crippen LogP contribution is 2.43. The van der Waals surface area contributed by atoms with Crippen molar-refractivity contribution in [1.82, 2.24) is 14.8 Å². The first-order chi connectivity index (χ1) is 8.67. The highest BCUT2D eigenvalue weighted by atomic mass is 16.5. The molecule has 2 atom stereocenters. The Hall–Kier alpha value is -0.940. The summed E-state index contributed by atoms with van der Waals surface area (Å²) in [4.78, 5) is 4.22. The first-order valence-electron chi connectivity index (χ1n) is 7.00. The molecular weight excluding hydrogens is 228 g/mol. The Morgan fingerprint density at radius 1 is 1.50 bits per heavy atom. The van der Waals surface area contributed by atoms with Gasteiger partial charge in [-0.2, -0.15) is 5.10 Å². The lowest BCUT2D eigenvalue weighted by Gasteiger charge is -2.23. The zero-order valence-corrected chi connectivity index (χ0v) is 11.0. The van der Waals surface area contributed by atoms with Gasteiger partial charge in [0.05, 0.1) is 24.3 Å². The number of nitrogens with two attached hydrogens (primary N) is 1. The van der Waals surface area contributed by atoms with E-state index < -0.39 is 0 Å². The van der Waals surface area contributed by atoms with E-state index in [2.05, 4.69) is 10.1 Å². The topological polar surface area (TPSA) is 66.0 Å². The van der Waals surface area contributed by atoms with Gasteiger partial charge in [0.25, 0.3) is 0 Å². The molecule has 1 aromatic heterocycles. The van der Waals surface area contributed by atoms with Gasteiger partial charge in [0.15, 0.2) is 5.82 Å². The Kier molecular flexibility index (Phi) is 3.11. The van der Waals surface area contributed by atoms with E-state index in [0.29, 0.717) is 11.9 Å². The Labute approximate surface area is 108 Å². The highest BCUT2D eigenvalue weighted by molar-refractivity contribution is 4.93. The van der Waals surface area contributed by atoms with Gasteiger partial charge in [-0.25, -0.2) is 4.98 Å². The van der Waals surface area contributed by atoms with E-state index in [1.54, 1.807) is 6.33 Å². The van der Waals surface area contributed by atoms with Crippen LogP contribution in [0.25, 0.3) is 0 Å². The molecule has 1 saturated heterocycles. The number of hydrogen-bond acceptors (Lipinski definition) is 4. The Morgan fingerprint density at radius 3 is 2.94 bits per heavy atom. The van der Waals surface area contributed by atoms with Gasteiger partial charge in [-0.1, -0.05) is 12.8 Å². The summed E-state index contributed by atoms with van der Waals surface area (Å²) in [6.07, 6.45) is 9.56. The molecule has 0 amide bonds. The van der Waals surface area contributed by atoms with Crippen LogP contribution in [0.1, 0.15) is 57.3 Å². The molecule has 5 nitrogen and oxygen atoms in total. The first kappa shape index (κ1) is 12.1. The van der Waals surface area contributed by atoms with Crippen LogP contribution in [-0.4, -0.2) is 26.5 Å². The number of nitrogens with zero attached hydrogens (tertiary/aromatic N) is 3. The van der Waals surface area contributed by atoms with E-state index >= 15 is 0 Å². The fraction of sp³-hybridized carbons (Fsp3) is 0.846. The number of aromatic nitrogens is 3. The number of rotatable bonds is 3. The SMILES string of the molecule is CC(N)c1ncn(CC2CCC3(CCCC3)O2)n1. The zero-order chi connectivity index (χ0) is 12.6. The van der Waals surface area contributed by atoms with Crippen LogP contribution >= 0.6 is 0 Å². The molecule has 3 rings (SSSR count). The van der Waals surface area contributed by atoms with Crippen LogP contribution in [0.15, 0.2) is 6.33 Å². The summed E-state index contributed by atoms with van der Waals surface area (Å²) in [5, 5.41) is 4.39. The summed E-state index contributed by atoms with van der Waals surface area (Å²) in [5.74, 6) is 0.712. The summed E-state index contributed by atoms with van der Waals surface area (Å²) < 4.78 is 8.14. The summed E-state index contributed by atoms with van der Waals surface area (Å²) in [6, 6.07) is -0.100. The normalized spacial score (nSPS) is 28.0. The van der Waals surface area contributed by atoms with Crippen molar-refractivity contribution in [1.29, 1.82) is 0 Å². The molecule has 2 heterocycles. The molecule has 0 bridgehead atoms. The maximum absolute atomic E-state index is 6.26. The standard InChI is InChI=1S/C13H22N4O/c1-10(14)12-15-9-17(16-12)8-11-4-7-13(18-11)5-2-3-6-13/h9-11H,2-8,14H2,1H3. The lowest BCUT2D eigenvalue weighted by Crippen LogP contribution is -2.26. The fourth-order valence-corrected chi connectivity index (χ4v) is 3.23. The first-order valence-corrected chi connectivity index (χ1v) is 7.00. The average Bonchev–Trinajstić information content (AvgIpc) is 3.03. The smallest absolute Gasteiger partial charge is 0.166 e. The summed E-state index contributed by atoms with van der Waals surface area (Å²) in [7, 11) is 0. The Balaban J connectivity index is 1.60. The van der Waals surface area contributed by atoms with Crippen LogP contribution in [0.2, 0.25) is 0 Å². The van der Waals surface area contributed by atoms with E-state index in [-0.39, 0.29) is 11.6 Å². The molecule has 1 aromatic rings. The van der Waals surface area contributed by atoms with Crippen molar-refractivity contribution in [2.75, 3.05) is 0 Å². The molecule has 1 aliphatic heterocycles. The predicted molar refractivity (Wildman–Crippen MR) is 67.9 cm³/mol. The Bertz CT molecular complexity index is 409. The van der Waals surface area contributed by atoms with Gasteiger partial charge in [-0.3, -0.25) is 4.68 Å². The van der Waals surface area contributed by atoms with Crippen LogP contribution in [0.5, 0.6) is 0 Å². The maximum Gasteiger partial charge on any atom is 0.166 e. The van der Waals surface area contributed by atoms with Crippen molar-refractivity contribution in [2.45, 2.75) is 69.7 Å². The maximum atomic E-state index is 6.26. The van der Waals surface area contributed by atoms with Crippen molar-refractivity contribution in [3.63, 3.8) is 0 Å². The lowest BCUT2D eigenvalue weighted by atomic mass is 9.98. The number of ether oxygens (including phenoxy) is 1. The monoisotopic (exact) mass is 250 g/mol. The molecule has 0 radical (unpaired) electrons. The molecule has 1 aliphatic carbocycles. The van der Waals surface area contributed by atoms with Gasteiger partial charge in [0, 0.05) is 0 Å². The second-order valence-corrected chi connectivity index (χ2v) is 5.78. The number of hydrogen-bond donors (Lipinski definition) is 1. The summed E-state index contributed by atoms with van der Waals surface area (Å²) >= 11 is 0. The van der Waals surface area contributed by atoms with E-state index in [1.807, 2.05) is 11.6 Å².